The molecule has 0 radical (unpaired) electrons. The Balaban J connectivity index is 1.24. The van der Waals surface area contributed by atoms with Gasteiger partial charge in [-0.05, 0) is 54.2 Å². The fraction of sp³-hybridized carbons (Fsp3) is 0.286. The monoisotopic (exact) mass is 381 g/mol. The molecule has 138 valence electrons. The molecule has 0 bridgehead atoms. The molecular formula is C21H20ClN3O2. The van der Waals surface area contributed by atoms with Gasteiger partial charge in [0.1, 0.15) is 0 Å². The smallest absolute Gasteiger partial charge is 0.227 e. The van der Waals surface area contributed by atoms with Gasteiger partial charge < -0.3 is 9.84 Å². The molecule has 27 heavy (non-hydrogen) atoms. The summed E-state index contributed by atoms with van der Waals surface area (Å²) in [6.45, 7) is 0.531. The summed E-state index contributed by atoms with van der Waals surface area (Å²) in [4.78, 5) is 16.4. The average molecular weight is 382 g/mol. The summed E-state index contributed by atoms with van der Waals surface area (Å²) in [6.07, 6.45) is 3.31. The van der Waals surface area contributed by atoms with Crippen LogP contribution in [-0.2, 0) is 17.8 Å². The molecule has 1 heterocycles. The molecule has 0 spiro atoms. The van der Waals surface area contributed by atoms with Crippen molar-refractivity contribution in [1.82, 2.24) is 15.5 Å². The zero-order valence-electron chi connectivity index (χ0n) is 14.8. The Hall–Kier alpha value is -2.66. The number of nitrogens with one attached hydrogen (secondary N) is 1. The molecule has 5 nitrogen and oxygen atoms in total. The number of hydrogen-bond acceptors (Lipinski definition) is 4. The molecular weight excluding hydrogens is 362 g/mol. The van der Waals surface area contributed by atoms with Gasteiger partial charge in [-0.2, -0.15) is 4.98 Å². The van der Waals surface area contributed by atoms with E-state index in [1.54, 1.807) is 12.1 Å². The molecule has 1 N–H and O–H groups in total. The SMILES string of the molecule is O=C(CCc1nc(-c2ccc(Cl)cc2)no1)NCc1ccc(C2CC2)cc1. The highest BCUT2D eigenvalue weighted by Gasteiger charge is 2.22. The van der Waals surface area contributed by atoms with Crippen molar-refractivity contribution < 1.29 is 9.32 Å². The van der Waals surface area contributed by atoms with Gasteiger partial charge in [0.15, 0.2) is 0 Å². The van der Waals surface area contributed by atoms with Gasteiger partial charge >= 0.3 is 0 Å². The third-order valence-corrected chi connectivity index (χ3v) is 4.91. The first-order valence-electron chi connectivity index (χ1n) is 9.11. The van der Waals surface area contributed by atoms with Gasteiger partial charge in [0.2, 0.25) is 17.6 Å². The minimum atomic E-state index is -0.0347. The maximum Gasteiger partial charge on any atom is 0.227 e. The number of carbonyl (C=O) groups excluding carboxylic acids is 1. The molecule has 1 aromatic heterocycles. The van der Waals surface area contributed by atoms with Crippen LogP contribution < -0.4 is 5.32 Å². The molecule has 0 unspecified atom stereocenters. The van der Waals surface area contributed by atoms with Crippen molar-refractivity contribution in [2.75, 3.05) is 0 Å². The van der Waals surface area contributed by atoms with Crippen molar-refractivity contribution >= 4 is 17.5 Å². The molecule has 0 saturated heterocycles. The molecule has 6 heteroatoms. The summed E-state index contributed by atoms with van der Waals surface area (Å²) < 4.78 is 5.23. The van der Waals surface area contributed by atoms with Gasteiger partial charge in [-0.3, -0.25) is 4.79 Å². The van der Waals surface area contributed by atoms with Gasteiger partial charge in [-0.15, -0.1) is 0 Å². The third-order valence-electron chi connectivity index (χ3n) is 4.65. The van der Waals surface area contributed by atoms with Crippen LogP contribution in [-0.4, -0.2) is 16.0 Å². The zero-order chi connectivity index (χ0) is 18.6. The highest BCUT2D eigenvalue weighted by Crippen LogP contribution is 2.39. The fourth-order valence-corrected chi connectivity index (χ4v) is 3.03. The number of amides is 1. The summed E-state index contributed by atoms with van der Waals surface area (Å²) in [6, 6.07) is 15.7. The molecule has 4 rings (SSSR count). The molecule has 3 aromatic rings. The van der Waals surface area contributed by atoms with Crippen molar-refractivity contribution in [3.05, 3.63) is 70.6 Å². The summed E-state index contributed by atoms with van der Waals surface area (Å²) in [5.74, 6) is 1.66. The average Bonchev–Trinajstić information content (AvgIpc) is 3.44. The van der Waals surface area contributed by atoms with Crippen LogP contribution in [0.3, 0.4) is 0 Å². The van der Waals surface area contributed by atoms with Crippen LogP contribution in [0.2, 0.25) is 5.02 Å². The van der Waals surface area contributed by atoms with Crippen molar-refractivity contribution in [3.8, 4) is 11.4 Å². The second-order valence-corrected chi connectivity index (χ2v) is 7.25. The van der Waals surface area contributed by atoms with Crippen LogP contribution in [0.25, 0.3) is 11.4 Å². The lowest BCUT2D eigenvalue weighted by Crippen LogP contribution is -2.23. The number of aromatic nitrogens is 2. The molecule has 1 saturated carbocycles. The van der Waals surface area contributed by atoms with Crippen molar-refractivity contribution in [3.63, 3.8) is 0 Å². The maximum absolute atomic E-state index is 12.1. The van der Waals surface area contributed by atoms with Crippen LogP contribution in [0.4, 0.5) is 0 Å². The van der Waals surface area contributed by atoms with Gasteiger partial charge in [0.05, 0.1) is 0 Å². The van der Waals surface area contributed by atoms with Gasteiger partial charge in [-0.25, -0.2) is 0 Å². The van der Waals surface area contributed by atoms with Crippen LogP contribution in [0.15, 0.2) is 53.1 Å². The second kappa shape index (κ2) is 7.92. The van der Waals surface area contributed by atoms with E-state index < -0.39 is 0 Å². The number of carbonyl (C=O) groups is 1. The number of hydrogen-bond donors (Lipinski definition) is 1. The van der Waals surface area contributed by atoms with Crippen LogP contribution in [0.5, 0.6) is 0 Å². The van der Waals surface area contributed by atoms with Crippen LogP contribution in [0, 0.1) is 0 Å². The maximum atomic E-state index is 12.1. The van der Waals surface area contributed by atoms with E-state index in [1.807, 2.05) is 12.1 Å². The lowest BCUT2D eigenvalue weighted by atomic mass is 10.1. The molecule has 2 aromatic carbocycles. The van der Waals surface area contributed by atoms with E-state index in [-0.39, 0.29) is 5.91 Å². The fourth-order valence-electron chi connectivity index (χ4n) is 2.91. The number of aryl methyl sites for hydroxylation is 1. The van der Waals surface area contributed by atoms with E-state index in [4.69, 9.17) is 16.1 Å². The first kappa shape index (κ1) is 17.7. The lowest BCUT2D eigenvalue weighted by molar-refractivity contribution is -0.121. The lowest BCUT2D eigenvalue weighted by Gasteiger charge is -2.05. The van der Waals surface area contributed by atoms with Crippen molar-refractivity contribution in [2.24, 2.45) is 0 Å². The molecule has 1 aliphatic carbocycles. The molecule has 0 atom stereocenters. The van der Waals surface area contributed by atoms with E-state index in [0.717, 1.165) is 17.0 Å². The van der Waals surface area contributed by atoms with E-state index in [9.17, 15) is 4.79 Å². The Morgan fingerprint density at radius 2 is 1.85 bits per heavy atom. The normalized spacial score (nSPS) is 13.5. The summed E-state index contributed by atoms with van der Waals surface area (Å²) in [5.41, 5.74) is 3.34. The van der Waals surface area contributed by atoms with Gasteiger partial charge in [0.25, 0.3) is 0 Å². The quantitative estimate of drug-likeness (QED) is 0.653. The Bertz CT molecular complexity index is 915. The first-order chi connectivity index (χ1) is 13.2. The van der Waals surface area contributed by atoms with E-state index in [2.05, 4.69) is 39.7 Å². The van der Waals surface area contributed by atoms with Crippen LogP contribution >= 0.6 is 11.6 Å². The highest BCUT2D eigenvalue weighted by atomic mass is 35.5. The van der Waals surface area contributed by atoms with Gasteiger partial charge in [0, 0.05) is 30.0 Å². The summed E-state index contributed by atoms with van der Waals surface area (Å²) in [5, 5.41) is 7.54. The number of benzene rings is 2. The number of nitrogens with zero attached hydrogens (tertiary/aromatic N) is 2. The third kappa shape index (κ3) is 4.74. The van der Waals surface area contributed by atoms with Crippen LogP contribution in [0.1, 0.15) is 42.2 Å². The standard InChI is InChI=1S/C21H20ClN3O2/c22-18-9-7-17(8-10-18)21-24-20(27-25-21)12-11-19(26)23-13-14-1-3-15(4-2-14)16-5-6-16/h1-4,7-10,16H,5-6,11-13H2,(H,23,26). The minimum absolute atomic E-state index is 0.0347. The topological polar surface area (TPSA) is 68.0 Å². The van der Waals surface area contributed by atoms with E-state index in [0.29, 0.717) is 36.1 Å². The summed E-state index contributed by atoms with van der Waals surface area (Å²) in [7, 11) is 0. The molecule has 1 amide bonds. The number of halogens is 1. The number of rotatable bonds is 7. The molecule has 1 aliphatic rings. The molecule has 0 aliphatic heterocycles. The predicted octanol–water partition coefficient (Wildman–Crippen LogP) is 4.52. The Morgan fingerprint density at radius 1 is 1.11 bits per heavy atom. The van der Waals surface area contributed by atoms with E-state index in [1.165, 1.54) is 18.4 Å². The predicted molar refractivity (Wildman–Crippen MR) is 103 cm³/mol. The first-order valence-corrected chi connectivity index (χ1v) is 9.49. The van der Waals surface area contributed by atoms with E-state index >= 15 is 0 Å². The largest absolute Gasteiger partial charge is 0.352 e. The van der Waals surface area contributed by atoms with Crippen molar-refractivity contribution in [1.29, 1.82) is 0 Å². The highest BCUT2D eigenvalue weighted by molar-refractivity contribution is 6.30. The van der Waals surface area contributed by atoms with Crippen molar-refractivity contribution in [2.45, 2.75) is 38.1 Å². The minimum Gasteiger partial charge on any atom is -0.352 e. The second-order valence-electron chi connectivity index (χ2n) is 6.81. The Labute approximate surface area is 162 Å². The van der Waals surface area contributed by atoms with Gasteiger partial charge in [-0.1, -0.05) is 41.0 Å². The Kier molecular flexibility index (Phi) is 5.21. The molecule has 1 fully saturated rings. The Morgan fingerprint density at radius 3 is 2.56 bits per heavy atom. The summed E-state index contributed by atoms with van der Waals surface area (Å²) >= 11 is 5.88. The zero-order valence-corrected chi connectivity index (χ0v) is 15.6.